The Hall–Kier alpha value is -0.450. The standard InChI is InChI=1S/C10H15BrN2O/c1-2-3-13-10(7-14)8-4-9(11)6-12-5-8/h4-6,10,13-14H,2-3,7H2,1H3. The molecule has 1 aromatic rings. The molecular formula is C10H15BrN2O. The number of nitrogens with zero attached hydrogens (tertiary/aromatic N) is 1. The molecule has 1 aromatic heterocycles. The topological polar surface area (TPSA) is 45.1 Å². The van der Waals surface area contributed by atoms with Crippen molar-refractivity contribution in [2.75, 3.05) is 13.2 Å². The van der Waals surface area contributed by atoms with Gasteiger partial charge in [0, 0.05) is 16.9 Å². The Bertz CT molecular complexity index is 281. The number of aliphatic hydroxyl groups is 1. The fourth-order valence-electron chi connectivity index (χ4n) is 1.23. The summed E-state index contributed by atoms with van der Waals surface area (Å²) in [6, 6.07) is 1.95. The summed E-state index contributed by atoms with van der Waals surface area (Å²) >= 11 is 3.36. The van der Waals surface area contributed by atoms with Gasteiger partial charge < -0.3 is 10.4 Å². The van der Waals surface area contributed by atoms with Crippen LogP contribution in [0.4, 0.5) is 0 Å². The Balaban J connectivity index is 2.68. The zero-order chi connectivity index (χ0) is 10.4. The monoisotopic (exact) mass is 258 g/mol. The van der Waals surface area contributed by atoms with Crippen LogP contribution < -0.4 is 5.32 Å². The van der Waals surface area contributed by atoms with Crippen LogP contribution in [-0.4, -0.2) is 23.2 Å². The van der Waals surface area contributed by atoms with Crippen molar-refractivity contribution >= 4 is 15.9 Å². The van der Waals surface area contributed by atoms with E-state index in [0.29, 0.717) is 0 Å². The SMILES string of the molecule is CCCNC(CO)c1cncc(Br)c1. The summed E-state index contributed by atoms with van der Waals surface area (Å²) in [5, 5.41) is 12.4. The van der Waals surface area contributed by atoms with Gasteiger partial charge in [-0.15, -0.1) is 0 Å². The van der Waals surface area contributed by atoms with Crippen LogP contribution in [0.5, 0.6) is 0 Å². The molecule has 2 N–H and O–H groups in total. The fourth-order valence-corrected chi connectivity index (χ4v) is 1.61. The van der Waals surface area contributed by atoms with Crippen LogP contribution >= 0.6 is 15.9 Å². The van der Waals surface area contributed by atoms with Gasteiger partial charge in [0.2, 0.25) is 0 Å². The van der Waals surface area contributed by atoms with E-state index < -0.39 is 0 Å². The summed E-state index contributed by atoms with van der Waals surface area (Å²) in [6.45, 7) is 3.09. The summed E-state index contributed by atoms with van der Waals surface area (Å²) in [4.78, 5) is 4.06. The second-order valence-electron chi connectivity index (χ2n) is 3.13. The van der Waals surface area contributed by atoms with Crippen LogP contribution in [0.1, 0.15) is 24.9 Å². The van der Waals surface area contributed by atoms with Crippen LogP contribution in [0.25, 0.3) is 0 Å². The van der Waals surface area contributed by atoms with Crippen LogP contribution in [0, 0.1) is 0 Å². The molecule has 4 heteroatoms. The first-order valence-corrected chi connectivity index (χ1v) is 5.52. The minimum absolute atomic E-state index is 0.0139. The van der Waals surface area contributed by atoms with Crippen LogP contribution in [0.3, 0.4) is 0 Å². The molecule has 1 atom stereocenters. The molecule has 0 aromatic carbocycles. The molecule has 0 fully saturated rings. The van der Waals surface area contributed by atoms with Crippen LogP contribution in [-0.2, 0) is 0 Å². The normalized spacial score (nSPS) is 12.8. The van der Waals surface area contributed by atoms with Gasteiger partial charge in [0.25, 0.3) is 0 Å². The maximum Gasteiger partial charge on any atom is 0.0627 e. The third kappa shape index (κ3) is 3.36. The van der Waals surface area contributed by atoms with Crippen LogP contribution in [0.15, 0.2) is 22.9 Å². The molecule has 0 aliphatic heterocycles. The number of aliphatic hydroxyl groups excluding tert-OH is 1. The van der Waals surface area contributed by atoms with E-state index in [-0.39, 0.29) is 12.6 Å². The van der Waals surface area contributed by atoms with Crippen molar-refractivity contribution in [2.24, 2.45) is 0 Å². The predicted octanol–water partition coefficient (Wildman–Crippen LogP) is 1.88. The first kappa shape index (κ1) is 11.6. The summed E-state index contributed by atoms with van der Waals surface area (Å²) in [5.74, 6) is 0. The van der Waals surface area contributed by atoms with Crippen molar-refractivity contribution < 1.29 is 5.11 Å². The van der Waals surface area contributed by atoms with E-state index in [9.17, 15) is 5.11 Å². The Morgan fingerprint density at radius 3 is 2.93 bits per heavy atom. The number of hydrogen-bond donors (Lipinski definition) is 2. The molecule has 0 bridgehead atoms. The lowest BCUT2D eigenvalue weighted by atomic mass is 10.1. The molecule has 78 valence electrons. The quantitative estimate of drug-likeness (QED) is 0.848. The van der Waals surface area contributed by atoms with Gasteiger partial charge in [0.15, 0.2) is 0 Å². The third-order valence-electron chi connectivity index (χ3n) is 1.95. The molecular weight excluding hydrogens is 244 g/mol. The van der Waals surface area contributed by atoms with E-state index in [2.05, 4.69) is 33.2 Å². The number of halogens is 1. The highest BCUT2D eigenvalue weighted by atomic mass is 79.9. The number of nitrogens with one attached hydrogen (secondary N) is 1. The summed E-state index contributed by atoms with van der Waals surface area (Å²) < 4.78 is 0.937. The lowest BCUT2D eigenvalue weighted by molar-refractivity contribution is 0.244. The highest BCUT2D eigenvalue weighted by Crippen LogP contribution is 2.16. The lowest BCUT2D eigenvalue weighted by Gasteiger charge is -2.15. The van der Waals surface area contributed by atoms with Gasteiger partial charge in [-0.05, 0) is 40.5 Å². The van der Waals surface area contributed by atoms with Gasteiger partial charge in [0.05, 0.1) is 12.6 Å². The summed E-state index contributed by atoms with van der Waals surface area (Å²) in [6.07, 6.45) is 4.56. The zero-order valence-corrected chi connectivity index (χ0v) is 9.79. The van der Waals surface area contributed by atoms with Crippen molar-refractivity contribution in [3.8, 4) is 0 Å². The maximum atomic E-state index is 9.19. The van der Waals surface area contributed by atoms with Crippen LogP contribution in [0.2, 0.25) is 0 Å². The van der Waals surface area contributed by atoms with Gasteiger partial charge in [-0.1, -0.05) is 6.92 Å². The van der Waals surface area contributed by atoms with Gasteiger partial charge in [-0.25, -0.2) is 0 Å². The molecule has 3 nitrogen and oxygen atoms in total. The average Bonchev–Trinajstić information content (AvgIpc) is 2.19. The number of pyridine rings is 1. The molecule has 0 aliphatic rings. The maximum absolute atomic E-state index is 9.19. The largest absolute Gasteiger partial charge is 0.394 e. The van der Waals surface area contributed by atoms with Crippen molar-refractivity contribution in [1.29, 1.82) is 0 Å². The summed E-state index contributed by atoms with van der Waals surface area (Å²) in [7, 11) is 0. The second-order valence-corrected chi connectivity index (χ2v) is 4.04. The minimum Gasteiger partial charge on any atom is -0.394 e. The Morgan fingerprint density at radius 1 is 1.57 bits per heavy atom. The molecule has 0 saturated carbocycles. The molecule has 0 amide bonds. The number of aromatic nitrogens is 1. The number of rotatable bonds is 5. The molecule has 1 rings (SSSR count). The molecule has 0 aliphatic carbocycles. The fraction of sp³-hybridized carbons (Fsp3) is 0.500. The zero-order valence-electron chi connectivity index (χ0n) is 8.20. The molecule has 1 unspecified atom stereocenters. The Labute approximate surface area is 92.7 Å². The van der Waals surface area contributed by atoms with Crippen molar-refractivity contribution in [3.05, 3.63) is 28.5 Å². The molecule has 0 radical (unpaired) electrons. The van der Waals surface area contributed by atoms with Crippen molar-refractivity contribution in [2.45, 2.75) is 19.4 Å². The van der Waals surface area contributed by atoms with E-state index in [1.54, 1.807) is 12.4 Å². The molecule has 0 saturated heterocycles. The third-order valence-corrected chi connectivity index (χ3v) is 2.39. The van der Waals surface area contributed by atoms with Gasteiger partial charge in [0.1, 0.15) is 0 Å². The number of hydrogen-bond acceptors (Lipinski definition) is 3. The van der Waals surface area contributed by atoms with Gasteiger partial charge >= 0.3 is 0 Å². The van der Waals surface area contributed by atoms with E-state index in [1.165, 1.54) is 0 Å². The van der Waals surface area contributed by atoms with Gasteiger partial charge in [-0.2, -0.15) is 0 Å². The first-order chi connectivity index (χ1) is 6.77. The van der Waals surface area contributed by atoms with E-state index in [1.807, 2.05) is 6.07 Å². The smallest absolute Gasteiger partial charge is 0.0627 e. The molecule has 1 heterocycles. The highest BCUT2D eigenvalue weighted by Gasteiger charge is 2.09. The summed E-state index contributed by atoms with van der Waals surface area (Å²) in [5.41, 5.74) is 1.01. The highest BCUT2D eigenvalue weighted by molar-refractivity contribution is 9.10. The Morgan fingerprint density at radius 2 is 2.36 bits per heavy atom. The van der Waals surface area contributed by atoms with Gasteiger partial charge in [-0.3, -0.25) is 4.98 Å². The second kappa shape index (κ2) is 6.11. The van der Waals surface area contributed by atoms with E-state index in [4.69, 9.17) is 0 Å². The molecule has 0 spiro atoms. The molecule has 14 heavy (non-hydrogen) atoms. The van der Waals surface area contributed by atoms with E-state index in [0.717, 1.165) is 23.0 Å². The lowest BCUT2D eigenvalue weighted by Crippen LogP contribution is -2.25. The average molecular weight is 259 g/mol. The van der Waals surface area contributed by atoms with E-state index >= 15 is 0 Å². The minimum atomic E-state index is -0.0139. The Kier molecular flexibility index (Phi) is 5.07. The predicted molar refractivity (Wildman–Crippen MR) is 60.1 cm³/mol. The van der Waals surface area contributed by atoms with Crippen molar-refractivity contribution in [1.82, 2.24) is 10.3 Å². The first-order valence-electron chi connectivity index (χ1n) is 4.72. The van der Waals surface area contributed by atoms with Crippen molar-refractivity contribution in [3.63, 3.8) is 0 Å².